The summed E-state index contributed by atoms with van der Waals surface area (Å²) in [5.74, 6) is 1.14. The summed E-state index contributed by atoms with van der Waals surface area (Å²) in [6.07, 6.45) is 0. The Labute approximate surface area is 176 Å². The van der Waals surface area contributed by atoms with Crippen LogP contribution in [-0.4, -0.2) is 68.2 Å². The second-order valence-corrected chi connectivity index (χ2v) is 7.37. The highest BCUT2D eigenvalue weighted by Crippen LogP contribution is 2.33. The quantitative estimate of drug-likeness (QED) is 0.703. The van der Waals surface area contributed by atoms with E-state index in [1.165, 1.54) is 0 Å². The van der Waals surface area contributed by atoms with Crippen molar-refractivity contribution in [1.29, 1.82) is 0 Å². The molecule has 7 heteroatoms. The van der Waals surface area contributed by atoms with Crippen LogP contribution in [0.4, 0.5) is 0 Å². The molecule has 1 aromatic heterocycles. The third kappa shape index (κ3) is 4.08. The van der Waals surface area contributed by atoms with Gasteiger partial charge < -0.3 is 14.4 Å². The zero-order valence-electron chi connectivity index (χ0n) is 17.5. The lowest BCUT2D eigenvalue weighted by Crippen LogP contribution is -2.52. The number of aromatic nitrogens is 1. The molecule has 30 heavy (non-hydrogen) atoms. The third-order valence-corrected chi connectivity index (χ3v) is 5.40. The number of hydrogen-bond acceptors (Lipinski definition) is 6. The van der Waals surface area contributed by atoms with Gasteiger partial charge in [0.1, 0.15) is 0 Å². The Balaban J connectivity index is 1.72. The average molecular weight is 406 g/mol. The Morgan fingerprint density at radius 1 is 0.967 bits per heavy atom. The van der Waals surface area contributed by atoms with Crippen molar-refractivity contribution in [1.82, 2.24) is 20.3 Å². The molecule has 1 saturated heterocycles. The number of methoxy groups -OCH3 is 2. The van der Waals surface area contributed by atoms with E-state index < -0.39 is 0 Å². The van der Waals surface area contributed by atoms with Crippen LogP contribution in [0.15, 0.2) is 48.5 Å². The first kappa shape index (κ1) is 20.1. The van der Waals surface area contributed by atoms with Gasteiger partial charge in [0.15, 0.2) is 11.5 Å². The molecule has 0 saturated carbocycles. The molecule has 7 nitrogen and oxygen atoms in total. The highest BCUT2D eigenvalue weighted by molar-refractivity contribution is 6.07. The van der Waals surface area contributed by atoms with Crippen molar-refractivity contribution in [3.63, 3.8) is 0 Å². The maximum Gasteiger partial charge on any atom is 0.266 e. The second-order valence-electron chi connectivity index (χ2n) is 7.37. The number of benzene rings is 2. The SMILES string of the molecule is COc1ccc(-c2cc(C(=O)NN3CCN(C)CC3)c3ccccc3n2)cc1OC. The first-order valence-electron chi connectivity index (χ1n) is 9.95. The molecule has 1 amide bonds. The minimum absolute atomic E-state index is 0.125. The molecular formula is C23H26N4O3. The van der Waals surface area contributed by atoms with Gasteiger partial charge in [0, 0.05) is 37.1 Å². The number of hydrogen-bond donors (Lipinski definition) is 1. The molecule has 0 radical (unpaired) electrons. The standard InChI is InChI=1S/C23H26N4O3/c1-26-10-12-27(13-11-26)25-23(28)18-15-20(24-19-7-5-4-6-17(18)19)16-8-9-21(29-2)22(14-16)30-3/h4-9,14-15H,10-13H2,1-3H3,(H,25,28). The zero-order valence-corrected chi connectivity index (χ0v) is 17.5. The van der Waals surface area contributed by atoms with Crippen LogP contribution in [0, 0.1) is 0 Å². The van der Waals surface area contributed by atoms with Crippen LogP contribution in [0.5, 0.6) is 11.5 Å². The number of amides is 1. The summed E-state index contributed by atoms with van der Waals surface area (Å²) in [5, 5.41) is 2.81. The Morgan fingerprint density at radius 3 is 2.43 bits per heavy atom. The number of para-hydroxylation sites is 1. The number of fused-ring (bicyclic) bond motifs is 1. The van der Waals surface area contributed by atoms with Crippen LogP contribution in [-0.2, 0) is 0 Å². The number of piperazine rings is 1. The normalized spacial score (nSPS) is 15.2. The Kier molecular flexibility index (Phi) is 5.83. The summed E-state index contributed by atoms with van der Waals surface area (Å²) in [7, 11) is 5.29. The molecule has 0 spiro atoms. The van der Waals surface area contributed by atoms with Crippen LogP contribution >= 0.6 is 0 Å². The number of ether oxygens (including phenoxy) is 2. The largest absolute Gasteiger partial charge is 0.493 e. The number of carbonyl (C=O) groups excluding carboxylic acids is 1. The van der Waals surface area contributed by atoms with E-state index in [9.17, 15) is 4.79 Å². The molecule has 0 bridgehead atoms. The Morgan fingerprint density at radius 2 is 1.70 bits per heavy atom. The predicted octanol–water partition coefficient (Wildman–Crippen LogP) is 2.81. The van der Waals surface area contributed by atoms with Gasteiger partial charge in [0.25, 0.3) is 5.91 Å². The number of hydrazine groups is 1. The van der Waals surface area contributed by atoms with Crippen LogP contribution in [0.1, 0.15) is 10.4 Å². The highest BCUT2D eigenvalue weighted by atomic mass is 16.5. The molecule has 1 N–H and O–H groups in total. The fraction of sp³-hybridized carbons (Fsp3) is 0.304. The molecule has 0 unspecified atom stereocenters. The average Bonchev–Trinajstić information content (AvgIpc) is 2.79. The van der Waals surface area contributed by atoms with Gasteiger partial charge in [0.2, 0.25) is 0 Å². The first-order chi connectivity index (χ1) is 14.6. The van der Waals surface area contributed by atoms with E-state index in [0.29, 0.717) is 22.8 Å². The molecular weight excluding hydrogens is 380 g/mol. The van der Waals surface area contributed by atoms with Crippen LogP contribution in [0.25, 0.3) is 22.2 Å². The molecule has 1 aliphatic rings. The number of likely N-dealkylation sites (N-methyl/N-ethyl adjacent to an activating group) is 1. The van der Waals surface area contributed by atoms with Crippen molar-refractivity contribution < 1.29 is 14.3 Å². The Bertz CT molecular complexity index is 1060. The van der Waals surface area contributed by atoms with Gasteiger partial charge in [-0.2, -0.15) is 0 Å². The summed E-state index contributed by atoms with van der Waals surface area (Å²) in [6.45, 7) is 3.45. The minimum atomic E-state index is -0.125. The van der Waals surface area contributed by atoms with Crippen LogP contribution < -0.4 is 14.9 Å². The maximum atomic E-state index is 13.2. The van der Waals surface area contributed by atoms with Gasteiger partial charge in [-0.25, -0.2) is 9.99 Å². The lowest BCUT2D eigenvalue weighted by molar-refractivity contribution is 0.0664. The lowest BCUT2D eigenvalue weighted by Gasteiger charge is -2.32. The number of nitrogens with one attached hydrogen (secondary N) is 1. The van der Waals surface area contributed by atoms with Gasteiger partial charge in [-0.1, -0.05) is 18.2 Å². The lowest BCUT2D eigenvalue weighted by atomic mass is 10.0. The van der Waals surface area contributed by atoms with Crippen molar-refractivity contribution in [2.45, 2.75) is 0 Å². The molecule has 0 atom stereocenters. The first-order valence-corrected chi connectivity index (χ1v) is 9.95. The minimum Gasteiger partial charge on any atom is -0.493 e. The third-order valence-electron chi connectivity index (χ3n) is 5.40. The smallest absolute Gasteiger partial charge is 0.266 e. The maximum absolute atomic E-state index is 13.2. The monoisotopic (exact) mass is 406 g/mol. The molecule has 2 heterocycles. The number of carbonyl (C=O) groups is 1. The van der Waals surface area contributed by atoms with Gasteiger partial charge in [0.05, 0.1) is 31.0 Å². The van der Waals surface area contributed by atoms with Gasteiger partial charge in [-0.15, -0.1) is 0 Å². The number of rotatable bonds is 5. The van der Waals surface area contributed by atoms with Crippen molar-refractivity contribution in [3.8, 4) is 22.8 Å². The van der Waals surface area contributed by atoms with Crippen molar-refractivity contribution in [2.75, 3.05) is 47.4 Å². The molecule has 2 aromatic carbocycles. The number of nitrogens with zero attached hydrogens (tertiary/aromatic N) is 3. The topological polar surface area (TPSA) is 66.9 Å². The van der Waals surface area contributed by atoms with Crippen molar-refractivity contribution in [3.05, 3.63) is 54.1 Å². The molecule has 3 aromatic rings. The summed E-state index contributed by atoms with van der Waals surface area (Å²) in [6, 6.07) is 15.2. The van der Waals surface area contributed by atoms with E-state index in [1.54, 1.807) is 14.2 Å². The fourth-order valence-corrected chi connectivity index (χ4v) is 3.63. The molecule has 156 valence electrons. The summed E-state index contributed by atoms with van der Waals surface area (Å²) >= 11 is 0. The number of pyridine rings is 1. The van der Waals surface area contributed by atoms with Gasteiger partial charge >= 0.3 is 0 Å². The van der Waals surface area contributed by atoms with Gasteiger partial charge in [-0.3, -0.25) is 10.2 Å². The van der Waals surface area contributed by atoms with Crippen LogP contribution in [0.2, 0.25) is 0 Å². The van der Waals surface area contributed by atoms with E-state index in [-0.39, 0.29) is 5.91 Å². The Hall–Kier alpha value is -3.16. The zero-order chi connectivity index (χ0) is 21.1. The van der Waals surface area contributed by atoms with E-state index in [2.05, 4.69) is 17.4 Å². The van der Waals surface area contributed by atoms with E-state index in [1.807, 2.05) is 53.5 Å². The summed E-state index contributed by atoms with van der Waals surface area (Å²) in [5.41, 5.74) is 6.00. The van der Waals surface area contributed by atoms with Crippen LogP contribution in [0.3, 0.4) is 0 Å². The molecule has 4 rings (SSSR count). The van der Waals surface area contributed by atoms with E-state index in [0.717, 1.165) is 42.6 Å². The van der Waals surface area contributed by atoms with Gasteiger partial charge in [-0.05, 0) is 37.4 Å². The van der Waals surface area contributed by atoms with E-state index >= 15 is 0 Å². The van der Waals surface area contributed by atoms with Crippen molar-refractivity contribution >= 4 is 16.8 Å². The fourth-order valence-electron chi connectivity index (χ4n) is 3.63. The second kappa shape index (κ2) is 8.69. The highest BCUT2D eigenvalue weighted by Gasteiger charge is 2.19. The molecule has 1 aliphatic heterocycles. The molecule has 0 aliphatic carbocycles. The predicted molar refractivity (Wildman–Crippen MR) is 117 cm³/mol. The van der Waals surface area contributed by atoms with E-state index in [4.69, 9.17) is 14.5 Å². The summed E-state index contributed by atoms with van der Waals surface area (Å²) in [4.78, 5) is 20.2. The molecule has 1 fully saturated rings. The van der Waals surface area contributed by atoms with Crippen molar-refractivity contribution in [2.24, 2.45) is 0 Å². The summed E-state index contributed by atoms with van der Waals surface area (Å²) < 4.78 is 10.8.